The van der Waals surface area contributed by atoms with Crippen LogP contribution in [0, 0.1) is 0 Å². The second-order valence-electron chi connectivity index (χ2n) is 5.60. The van der Waals surface area contributed by atoms with Crippen molar-refractivity contribution in [3.8, 4) is 0 Å². The second-order valence-corrected chi connectivity index (χ2v) is 5.60. The topological polar surface area (TPSA) is 89.6 Å². The molecule has 1 heterocycles. The molecule has 6 nitrogen and oxygen atoms in total. The normalized spacial score (nSPS) is 11.5. The van der Waals surface area contributed by atoms with E-state index in [1.54, 1.807) is 6.20 Å². The number of pyridine rings is 1. The van der Waals surface area contributed by atoms with Crippen LogP contribution < -0.4 is 11.1 Å². The van der Waals surface area contributed by atoms with E-state index in [9.17, 15) is 4.79 Å². The van der Waals surface area contributed by atoms with E-state index in [1.807, 2.05) is 39.0 Å². The van der Waals surface area contributed by atoms with Crippen LogP contribution >= 0.6 is 24.0 Å². The van der Waals surface area contributed by atoms with E-state index in [0.717, 1.165) is 12.1 Å². The van der Waals surface area contributed by atoms with Gasteiger partial charge >= 0.3 is 5.97 Å². The highest BCUT2D eigenvalue weighted by Crippen LogP contribution is 2.07. The molecule has 0 bridgehead atoms. The third kappa shape index (κ3) is 10.4. The maximum absolute atomic E-state index is 11.5. The van der Waals surface area contributed by atoms with E-state index in [0.29, 0.717) is 19.0 Å². The lowest BCUT2D eigenvalue weighted by Gasteiger charge is -2.19. The molecular formula is C15H25IN4O2. The number of halogens is 1. The Bertz CT molecular complexity index is 472. The Kier molecular flexibility index (Phi) is 9.71. The Morgan fingerprint density at radius 1 is 1.41 bits per heavy atom. The van der Waals surface area contributed by atoms with Crippen LogP contribution in [0.15, 0.2) is 29.4 Å². The van der Waals surface area contributed by atoms with Crippen molar-refractivity contribution >= 4 is 35.9 Å². The van der Waals surface area contributed by atoms with Gasteiger partial charge in [0, 0.05) is 24.9 Å². The minimum Gasteiger partial charge on any atom is -0.460 e. The Morgan fingerprint density at radius 3 is 2.73 bits per heavy atom. The van der Waals surface area contributed by atoms with Gasteiger partial charge in [-0.2, -0.15) is 0 Å². The second kappa shape index (κ2) is 10.4. The van der Waals surface area contributed by atoms with Gasteiger partial charge in [0.25, 0.3) is 0 Å². The zero-order valence-electron chi connectivity index (χ0n) is 13.3. The molecule has 7 heteroatoms. The number of hydrogen-bond donors (Lipinski definition) is 2. The number of nitrogens with zero attached hydrogens (tertiary/aromatic N) is 2. The van der Waals surface area contributed by atoms with Crippen molar-refractivity contribution in [1.29, 1.82) is 0 Å². The number of rotatable bonds is 6. The molecule has 1 aromatic rings. The molecule has 0 spiro atoms. The minimum absolute atomic E-state index is 0. The molecule has 0 aromatic carbocycles. The quantitative estimate of drug-likeness (QED) is 0.318. The van der Waals surface area contributed by atoms with Gasteiger partial charge in [-0.05, 0) is 32.9 Å². The van der Waals surface area contributed by atoms with Crippen molar-refractivity contribution in [2.75, 3.05) is 13.1 Å². The summed E-state index contributed by atoms with van der Waals surface area (Å²) in [6.07, 6.45) is 2.75. The van der Waals surface area contributed by atoms with Crippen LogP contribution in [0.4, 0.5) is 0 Å². The molecule has 1 aromatic heterocycles. The highest BCUT2D eigenvalue weighted by atomic mass is 127. The van der Waals surface area contributed by atoms with Crippen LogP contribution in [0.25, 0.3) is 0 Å². The summed E-state index contributed by atoms with van der Waals surface area (Å²) in [6.45, 7) is 6.47. The average molecular weight is 420 g/mol. The van der Waals surface area contributed by atoms with Crippen molar-refractivity contribution in [3.63, 3.8) is 0 Å². The first-order valence-electron chi connectivity index (χ1n) is 7.02. The third-order valence-electron chi connectivity index (χ3n) is 2.43. The maximum Gasteiger partial charge on any atom is 0.308 e. The SMILES string of the molecule is CC(C)(C)OC(=O)CCN=C(N)NCCc1ccccn1.I. The first-order valence-corrected chi connectivity index (χ1v) is 7.02. The smallest absolute Gasteiger partial charge is 0.308 e. The molecule has 0 atom stereocenters. The van der Waals surface area contributed by atoms with Gasteiger partial charge < -0.3 is 15.8 Å². The van der Waals surface area contributed by atoms with E-state index in [4.69, 9.17) is 10.5 Å². The number of carbonyl (C=O) groups excluding carboxylic acids is 1. The van der Waals surface area contributed by atoms with Crippen molar-refractivity contribution in [3.05, 3.63) is 30.1 Å². The van der Waals surface area contributed by atoms with Crippen LogP contribution in [-0.2, 0) is 16.0 Å². The van der Waals surface area contributed by atoms with E-state index >= 15 is 0 Å². The lowest BCUT2D eigenvalue weighted by atomic mass is 10.2. The number of esters is 1. The van der Waals surface area contributed by atoms with Gasteiger partial charge in [-0.25, -0.2) is 0 Å². The molecule has 22 heavy (non-hydrogen) atoms. The van der Waals surface area contributed by atoms with Gasteiger partial charge in [-0.1, -0.05) is 6.07 Å². The van der Waals surface area contributed by atoms with Crippen LogP contribution in [0.1, 0.15) is 32.9 Å². The fourth-order valence-electron chi connectivity index (χ4n) is 1.58. The number of nitrogens with one attached hydrogen (secondary N) is 1. The summed E-state index contributed by atoms with van der Waals surface area (Å²) in [5.41, 5.74) is 6.24. The lowest BCUT2D eigenvalue weighted by Crippen LogP contribution is -2.33. The molecule has 0 fully saturated rings. The Morgan fingerprint density at radius 2 is 2.14 bits per heavy atom. The molecule has 1 rings (SSSR count). The summed E-state index contributed by atoms with van der Waals surface area (Å²) >= 11 is 0. The van der Waals surface area contributed by atoms with Gasteiger partial charge in [0.1, 0.15) is 5.60 Å². The third-order valence-corrected chi connectivity index (χ3v) is 2.43. The number of carbonyl (C=O) groups is 1. The molecule has 0 aliphatic carbocycles. The number of nitrogens with two attached hydrogens (primary N) is 1. The summed E-state index contributed by atoms with van der Waals surface area (Å²) in [7, 11) is 0. The molecular weight excluding hydrogens is 395 g/mol. The summed E-state index contributed by atoms with van der Waals surface area (Å²) in [6, 6.07) is 5.78. The average Bonchev–Trinajstić information content (AvgIpc) is 2.38. The lowest BCUT2D eigenvalue weighted by molar-refractivity contribution is -0.154. The Balaban J connectivity index is 0.00000441. The van der Waals surface area contributed by atoms with Crippen LogP contribution in [0.5, 0.6) is 0 Å². The molecule has 0 unspecified atom stereocenters. The summed E-state index contributed by atoms with van der Waals surface area (Å²) in [5.74, 6) is 0.0574. The fraction of sp³-hybridized carbons (Fsp3) is 0.533. The summed E-state index contributed by atoms with van der Waals surface area (Å²) in [4.78, 5) is 19.8. The van der Waals surface area contributed by atoms with Crippen LogP contribution in [-0.4, -0.2) is 35.6 Å². The number of guanidine groups is 1. The van der Waals surface area contributed by atoms with E-state index in [1.165, 1.54) is 0 Å². The van der Waals surface area contributed by atoms with Gasteiger partial charge in [-0.15, -0.1) is 24.0 Å². The largest absolute Gasteiger partial charge is 0.460 e. The van der Waals surface area contributed by atoms with E-state index in [2.05, 4.69) is 15.3 Å². The fourth-order valence-corrected chi connectivity index (χ4v) is 1.58. The Hall–Kier alpha value is -1.38. The summed E-state index contributed by atoms with van der Waals surface area (Å²) < 4.78 is 5.18. The first-order chi connectivity index (χ1) is 9.87. The van der Waals surface area contributed by atoms with Crippen LogP contribution in [0.3, 0.4) is 0 Å². The predicted molar refractivity (Wildman–Crippen MR) is 98.3 cm³/mol. The highest BCUT2D eigenvalue weighted by molar-refractivity contribution is 14.0. The predicted octanol–water partition coefficient (Wildman–Crippen LogP) is 1.88. The number of hydrogen-bond acceptors (Lipinski definition) is 4. The highest BCUT2D eigenvalue weighted by Gasteiger charge is 2.15. The number of aromatic nitrogens is 1. The van der Waals surface area contributed by atoms with Crippen molar-refractivity contribution in [2.45, 2.75) is 39.2 Å². The molecule has 3 N–H and O–H groups in total. The van der Waals surface area contributed by atoms with Gasteiger partial charge in [0.2, 0.25) is 0 Å². The van der Waals surface area contributed by atoms with E-state index < -0.39 is 5.60 Å². The van der Waals surface area contributed by atoms with Gasteiger partial charge in [0.05, 0.1) is 13.0 Å². The number of aliphatic imine (C=N–C) groups is 1. The molecule has 0 amide bonds. The van der Waals surface area contributed by atoms with Crippen molar-refractivity contribution < 1.29 is 9.53 Å². The standard InChI is InChI=1S/C15H24N4O2.HI/c1-15(2,3)21-13(20)8-11-19-14(16)18-10-7-12-6-4-5-9-17-12;/h4-6,9H,7-8,10-11H2,1-3H3,(H3,16,18,19);1H. The molecule has 0 aliphatic heterocycles. The van der Waals surface area contributed by atoms with Crippen LogP contribution in [0.2, 0.25) is 0 Å². The maximum atomic E-state index is 11.5. The molecule has 0 radical (unpaired) electrons. The van der Waals surface area contributed by atoms with Crippen molar-refractivity contribution in [1.82, 2.24) is 10.3 Å². The molecule has 0 saturated carbocycles. The van der Waals surface area contributed by atoms with Gasteiger partial charge in [-0.3, -0.25) is 14.8 Å². The Labute approximate surface area is 149 Å². The summed E-state index contributed by atoms with van der Waals surface area (Å²) in [5, 5.41) is 2.99. The molecule has 0 aliphatic rings. The molecule has 0 saturated heterocycles. The number of ether oxygens (including phenoxy) is 1. The molecule has 124 valence electrons. The minimum atomic E-state index is -0.465. The zero-order chi connectivity index (χ0) is 15.7. The first kappa shape index (κ1) is 20.6. The van der Waals surface area contributed by atoms with Crippen molar-refractivity contribution in [2.24, 2.45) is 10.7 Å². The van der Waals surface area contributed by atoms with E-state index in [-0.39, 0.29) is 36.4 Å². The van der Waals surface area contributed by atoms with Gasteiger partial charge in [0.15, 0.2) is 5.96 Å². The zero-order valence-corrected chi connectivity index (χ0v) is 15.7. The monoisotopic (exact) mass is 420 g/mol.